The van der Waals surface area contributed by atoms with Crippen LogP contribution in [0.15, 0.2) is 21.6 Å². The molecule has 2 aliphatic heterocycles. The van der Waals surface area contributed by atoms with Gasteiger partial charge in [0.25, 0.3) is 0 Å². The molecule has 10 heteroatoms. The van der Waals surface area contributed by atoms with Crippen LogP contribution in [0.5, 0.6) is 0 Å². The summed E-state index contributed by atoms with van der Waals surface area (Å²) in [5.41, 5.74) is 5.26. The van der Waals surface area contributed by atoms with Gasteiger partial charge in [0.2, 0.25) is 10.0 Å². The number of aromatic nitrogens is 1. The van der Waals surface area contributed by atoms with Crippen LogP contribution in [0, 0.1) is 0 Å². The number of anilines is 1. The van der Waals surface area contributed by atoms with E-state index >= 15 is 0 Å². The Balaban J connectivity index is 1.76. The lowest BCUT2D eigenvalue weighted by Gasteiger charge is -2.38. The summed E-state index contributed by atoms with van der Waals surface area (Å²) in [5, 5.41) is 2.88. The van der Waals surface area contributed by atoms with Gasteiger partial charge in [0.05, 0.1) is 0 Å². The van der Waals surface area contributed by atoms with Gasteiger partial charge in [-0.05, 0) is 68.5 Å². The number of amides is 1. The van der Waals surface area contributed by atoms with Gasteiger partial charge in [-0.15, -0.1) is 0 Å². The molecule has 0 radical (unpaired) electrons. The predicted octanol–water partition coefficient (Wildman–Crippen LogP) is 2.64. The summed E-state index contributed by atoms with van der Waals surface area (Å²) in [6.07, 6.45) is 3.63. The van der Waals surface area contributed by atoms with Crippen molar-refractivity contribution in [3.8, 4) is 0 Å². The van der Waals surface area contributed by atoms with Crippen molar-refractivity contribution < 1.29 is 17.9 Å². The molecule has 2 aliphatic rings. The fourth-order valence-corrected chi connectivity index (χ4v) is 6.34. The molecule has 2 fully saturated rings. The highest BCUT2D eigenvalue weighted by atomic mass is 79.9. The predicted molar refractivity (Wildman–Crippen MR) is 105 cm³/mol. The minimum Gasteiger partial charge on any atom is -0.444 e. The summed E-state index contributed by atoms with van der Waals surface area (Å²) in [4.78, 5) is 16.0. The molecule has 3 rings (SSSR count). The Morgan fingerprint density at radius 1 is 1.33 bits per heavy atom. The number of pyridine rings is 1. The largest absolute Gasteiger partial charge is 0.444 e. The monoisotopic (exact) mass is 460 g/mol. The molecule has 2 atom stereocenters. The third-order valence-electron chi connectivity index (χ3n) is 4.79. The molecule has 1 aromatic rings. The molecular formula is C17H25BrN4O4S. The van der Waals surface area contributed by atoms with Gasteiger partial charge in [-0.1, -0.05) is 0 Å². The van der Waals surface area contributed by atoms with Crippen molar-refractivity contribution in [1.82, 2.24) is 14.6 Å². The first-order valence-corrected chi connectivity index (χ1v) is 11.1. The number of hydrogen-bond acceptors (Lipinski definition) is 6. The van der Waals surface area contributed by atoms with Gasteiger partial charge in [-0.3, -0.25) is 0 Å². The molecule has 1 amide bonds. The average Bonchev–Trinajstić information content (AvgIpc) is 2.80. The molecule has 8 nitrogen and oxygen atoms in total. The Kier molecular flexibility index (Phi) is 5.44. The van der Waals surface area contributed by atoms with Crippen molar-refractivity contribution in [2.24, 2.45) is 0 Å². The number of carbonyl (C=O) groups excluding carboxylic acids is 1. The van der Waals surface area contributed by atoms with Crippen LogP contribution in [-0.2, 0) is 14.8 Å². The number of nitrogens with two attached hydrogens (primary N) is 1. The molecule has 0 saturated carbocycles. The van der Waals surface area contributed by atoms with Crippen molar-refractivity contribution >= 4 is 37.9 Å². The lowest BCUT2D eigenvalue weighted by molar-refractivity contribution is 0.0476. The molecule has 3 heterocycles. The maximum atomic E-state index is 13.2. The van der Waals surface area contributed by atoms with Crippen LogP contribution in [-0.4, -0.2) is 47.5 Å². The SMILES string of the molecule is CC(C)(C)OC(=O)NC1CC2CCC(C1)N2S(=O)(=O)c1cc(Br)cnc1N. The molecule has 27 heavy (non-hydrogen) atoms. The quantitative estimate of drug-likeness (QED) is 0.715. The van der Waals surface area contributed by atoms with Gasteiger partial charge in [-0.2, -0.15) is 4.31 Å². The summed E-state index contributed by atoms with van der Waals surface area (Å²) in [5.74, 6) is -0.00777. The van der Waals surface area contributed by atoms with E-state index in [0.29, 0.717) is 17.3 Å². The molecule has 1 aromatic heterocycles. The Hall–Kier alpha value is -1.39. The van der Waals surface area contributed by atoms with E-state index < -0.39 is 21.7 Å². The van der Waals surface area contributed by atoms with Crippen molar-refractivity contribution in [3.05, 3.63) is 16.7 Å². The van der Waals surface area contributed by atoms with Crippen LogP contribution in [0.1, 0.15) is 46.5 Å². The zero-order valence-corrected chi connectivity index (χ0v) is 18.0. The highest BCUT2D eigenvalue weighted by molar-refractivity contribution is 9.10. The molecule has 150 valence electrons. The van der Waals surface area contributed by atoms with Crippen molar-refractivity contribution in [2.75, 3.05) is 5.73 Å². The molecule has 0 aromatic carbocycles. The lowest BCUT2D eigenvalue weighted by Crippen LogP contribution is -2.52. The summed E-state index contributed by atoms with van der Waals surface area (Å²) in [6.45, 7) is 5.42. The summed E-state index contributed by atoms with van der Waals surface area (Å²) < 4.78 is 33.8. The van der Waals surface area contributed by atoms with Crippen LogP contribution in [0.4, 0.5) is 10.6 Å². The smallest absolute Gasteiger partial charge is 0.407 e. The molecule has 2 unspecified atom stereocenters. The van der Waals surface area contributed by atoms with Crippen LogP contribution in [0.25, 0.3) is 0 Å². The van der Waals surface area contributed by atoms with Crippen molar-refractivity contribution in [2.45, 2.75) is 75.1 Å². The number of ether oxygens (including phenoxy) is 1. The lowest BCUT2D eigenvalue weighted by atomic mass is 10.00. The second-order valence-electron chi connectivity index (χ2n) is 8.07. The topological polar surface area (TPSA) is 115 Å². The fourth-order valence-electron chi connectivity index (χ4n) is 3.87. The molecule has 3 N–H and O–H groups in total. The van der Waals surface area contributed by atoms with Crippen LogP contribution >= 0.6 is 15.9 Å². The number of nitrogens with zero attached hydrogens (tertiary/aromatic N) is 2. The van der Waals surface area contributed by atoms with Crippen molar-refractivity contribution in [3.63, 3.8) is 0 Å². The number of halogens is 1. The van der Waals surface area contributed by atoms with Crippen LogP contribution in [0.3, 0.4) is 0 Å². The standard InChI is InChI=1S/C17H25BrN4O4S/c1-17(2,3)26-16(23)21-11-7-12-4-5-13(8-11)22(12)27(24,25)14-6-10(18)9-20-15(14)19/h6,9,11-13H,4-5,7-8H2,1-3H3,(H2,19,20)(H,21,23). The fraction of sp³-hybridized carbons (Fsp3) is 0.647. The van der Waals surface area contributed by atoms with E-state index in [1.165, 1.54) is 12.3 Å². The number of fused-ring (bicyclic) bond motifs is 2. The number of nitrogens with one attached hydrogen (secondary N) is 1. The van der Waals surface area contributed by atoms with Crippen LogP contribution < -0.4 is 11.1 Å². The second-order valence-corrected chi connectivity index (χ2v) is 10.8. The molecule has 0 aliphatic carbocycles. The Labute approximate surface area is 168 Å². The second kappa shape index (κ2) is 7.21. The molecule has 0 spiro atoms. The first-order chi connectivity index (χ1) is 12.5. The highest BCUT2D eigenvalue weighted by Gasteiger charge is 2.48. The van der Waals surface area contributed by atoms with Gasteiger partial charge >= 0.3 is 6.09 Å². The number of nitrogen functional groups attached to an aromatic ring is 1. The molecular weight excluding hydrogens is 436 g/mol. The molecule has 2 saturated heterocycles. The number of sulfonamides is 1. The average molecular weight is 461 g/mol. The first kappa shape index (κ1) is 20.3. The minimum atomic E-state index is -3.76. The van der Waals surface area contributed by atoms with E-state index in [1.807, 2.05) is 20.8 Å². The Morgan fingerprint density at radius 3 is 2.48 bits per heavy atom. The summed E-state index contributed by atoms with van der Waals surface area (Å²) in [7, 11) is -3.76. The normalized spacial score (nSPS) is 26.0. The maximum Gasteiger partial charge on any atom is 0.407 e. The Morgan fingerprint density at radius 2 is 1.93 bits per heavy atom. The third-order valence-corrected chi connectivity index (χ3v) is 7.26. The van der Waals surface area contributed by atoms with Gasteiger partial charge in [0.15, 0.2) is 0 Å². The van der Waals surface area contributed by atoms with Gasteiger partial charge in [0, 0.05) is 28.8 Å². The maximum absolute atomic E-state index is 13.2. The van der Waals surface area contributed by atoms with Crippen LogP contribution in [0.2, 0.25) is 0 Å². The van der Waals surface area contributed by atoms with Crippen molar-refractivity contribution in [1.29, 1.82) is 0 Å². The summed E-state index contributed by atoms with van der Waals surface area (Å²) in [6, 6.07) is 1.03. The minimum absolute atomic E-state index is 0.00777. The first-order valence-electron chi connectivity index (χ1n) is 8.91. The van der Waals surface area contributed by atoms with Gasteiger partial charge < -0.3 is 15.8 Å². The van der Waals surface area contributed by atoms with E-state index in [4.69, 9.17) is 10.5 Å². The van der Waals surface area contributed by atoms with E-state index in [9.17, 15) is 13.2 Å². The van der Waals surface area contributed by atoms with E-state index in [1.54, 1.807) is 4.31 Å². The Bertz CT molecular complexity index is 826. The van der Waals surface area contributed by atoms with E-state index in [-0.39, 0.29) is 28.8 Å². The number of rotatable bonds is 3. The zero-order chi connectivity index (χ0) is 20.0. The highest BCUT2D eigenvalue weighted by Crippen LogP contribution is 2.40. The third kappa shape index (κ3) is 4.38. The number of carbonyl (C=O) groups is 1. The number of piperidine rings is 1. The number of hydrogen-bond donors (Lipinski definition) is 2. The summed E-state index contributed by atoms with van der Waals surface area (Å²) >= 11 is 3.26. The van der Waals surface area contributed by atoms with Gasteiger partial charge in [-0.25, -0.2) is 18.2 Å². The molecule has 2 bridgehead atoms. The zero-order valence-electron chi connectivity index (χ0n) is 15.6. The number of alkyl carbamates (subject to hydrolysis) is 1. The van der Waals surface area contributed by atoms with Gasteiger partial charge in [0.1, 0.15) is 16.3 Å². The van der Waals surface area contributed by atoms with E-state index in [2.05, 4.69) is 26.2 Å². The van der Waals surface area contributed by atoms with E-state index in [0.717, 1.165) is 12.8 Å².